The first-order chi connectivity index (χ1) is 7.79. The molecule has 0 saturated heterocycles. The minimum Gasteiger partial charge on any atom is -0.331 e. The second kappa shape index (κ2) is 4.28. The van der Waals surface area contributed by atoms with Crippen LogP contribution < -0.4 is 5.32 Å². The van der Waals surface area contributed by atoms with Crippen molar-refractivity contribution < 1.29 is 4.79 Å². The summed E-state index contributed by atoms with van der Waals surface area (Å²) in [7, 11) is 0. The Kier molecular flexibility index (Phi) is 2.65. The fourth-order valence-electron chi connectivity index (χ4n) is 1.21. The fourth-order valence-corrected chi connectivity index (χ4v) is 1.21. The lowest BCUT2D eigenvalue weighted by Crippen LogP contribution is -2.12. The molecule has 0 spiro atoms. The molecule has 2 rings (SSSR count). The molecule has 1 aromatic heterocycles. The van der Waals surface area contributed by atoms with E-state index in [0.29, 0.717) is 17.1 Å². The molecular formula is C11H8N4O. The van der Waals surface area contributed by atoms with Gasteiger partial charge in [0.15, 0.2) is 0 Å². The number of aromatic amines is 1. The van der Waals surface area contributed by atoms with Gasteiger partial charge in [0.05, 0.1) is 11.6 Å². The first-order valence-electron chi connectivity index (χ1n) is 4.60. The summed E-state index contributed by atoms with van der Waals surface area (Å²) in [6, 6.07) is 8.37. The standard InChI is InChI=1S/C11H8N4O/c12-7-8-1-3-9(4-2-8)10(16)15-11-13-5-6-14-11/h1-6H,(H2,13,14,15,16). The second-order valence-corrected chi connectivity index (χ2v) is 3.08. The molecule has 78 valence electrons. The monoisotopic (exact) mass is 212 g/mol. The van der Waals surface area contributed by atoms with Crippen molar-refractivity contribution in [3.8, 4) is 6.07 Å². The number of anilines is 1. The molecule has 5 heteroatoms. The fraction of sp³-hybridized carbons (Fsp3) is 0. The van der Waals surface area contributed by atoms with Gasteiger partial charge in [-0.1, -0.05) is 0 Å². The highest BCUT2D eigenvalue weighted by Crippen LogP contribution is 2.05. The van der Waals surface area contributed by atoms with Gasteiger partial charge in [-0.05, 0) is 24.3 Å². The Balaban J connectivity index is 2.12. The Bertz CT molecular complexity index is 522. The zero-order chi connectivity index (χ0) is 11.4. The van der Waals surface area contributed by atoms with Gasteiger partial charge >= 0.3 is 0 Å². The van der Waals surface area contributed by atoms with Crippen LogP contribution in [0.2, 0.25) is 0 Å². The number of carbonyl (C=O) groups is 1. The van der Waals surface area contributed by atoms with Crippen LogP contribution in [0.3, 0.4) is 0 Å². The lowest BCUT2D eigenvalue weighted by Gasteiger charge is -2.01. The Morgan fingerprint density at radius 2 is 2.12 bits per heavy atom. The molecule has 5 nitrogen and oxygen atoms in total. The normalized spacial score (nSPS) is 9.44. The number of aromatic nitrogens is 2. The van der Waals surface area contributed by atoms with Gasteiger partial charge in [0, 0.05) is 18.0 Å². The van der Waals surface area contributed by atoms with Crippen LogP contribution in [0.15, 0.2) is 36.7 Å². The van der Waals surface area contributed by atoms with Crippen LogP contribution >= 0.6 is 0 Å². The average molecular weight is 212 g/mol. The summed E-state index contributed by atoms with van der Waals surface area (Å²) >= 11 is 0. The van der Waals surface area contributed by atoms with Crippen LogP contribution in [0.1, 0.15) is 15.9 Å². The maximum absolute atomic E-state index is 11.7. The Hall–Kier alpha value is -2.61. The minimum absolute atomic E-state index is 0.264. The highest BCUT2D eigenvalue weighted by molar-refractivity contribution is 6.03. The number of hydrogen-bond donors (Lipinski definition) is 2. The third-order valence-electron chi connectivity index (χ3n) is 2.01. The van der Waals surface area contributed by atoms with Crippen molar-refractivity contribution in [3.63, 3.8) is 0 Å². The molecule has 0 fully saturated rings. The van der Waals surface area contributed by atoms with Crippen molar-refractivity contribution in [2.75, 3.05) is 5.32 Å². The molecule has 2 N–H and O–H groups in total. The van der Waals surface area contributed by atoms with Gasteiger partial charge in [-0.3, -0.25) is 10.1 Å². The largest absolute Gasteiger partial charge is 0.331 e. The summed E-state index contributed by atoms with van der Waals surface area (Å²) in [4.78, 5) is 18.3. The minimum atomic E-state index is -0.264. The molecule has 2 aromatic rings. The van der Waals surface area contributed by atoms with E-state index >= 15 is 0 Å². The first-order valence-corrected chi connectivity index (χ1v) is 4.60. The van der Waals surface area contributed by atoms with Gasteiger partial charge in [-0.2, -0.15) is 5.26 Å². The molecule has 1 aromatic carbocycles. The number of carbonyl (C=O) groups excluding carboxylic acids is 1. The van der Waals surface area contributed by atoms with Crippen molar-refractivity contribution in [1.82, 2.24) is 9.97 Å². The maximum Gasteiger partial charge on any atom is 0.257 e. The number of nitrogens with zero attached hydrogens (tertiary/aromatic N) is 2. The Labute approximate surface area is 91.8 Å². The molecule has 1 amide bonds. The number of nitriles is 1. The predicted molar refractivity (Wildman–Crippen MR) is 57.7 cm³/mol. The van der Waals surface area contributed by atoms with Gasteiger partial charge in [-0.15, -0.1) is 0 Å². The van der Waals surface area contributed by atoms with Crippen molar-refractivity contribution in [3.05, 3.63) is 47.8 Å². The van der Waals surface area contributed by atoms with E-state index in [1.54, 1.807) is 36.7 Å². The van der Waals surface area contributed by atoms with Crippen molar-refractivity contribution in [2.45, 2.75) is 0 Å². The topological polar surface area (TPSA) is 81.6 Å². The zero-order valence-corrected chi connectivity index (χ0v) is 8.27. The quantitative estimate of drug-likeness (QED) is 0.792. The smallest absolute Gasteiger partial charge is 0.257 e. The maximum atomic E-state index is 11.7. The number of amides is 1. The molecule has 0 bridgehead atoms. The van der Waals surface area contributed by atoms with Gasteiger partial charge in [0.25, 0.3) is 5.91 Å². The number of H-pyrrole nitrogens is 1. The number of hydrogen-bond acceptors (Lipinski definition) is 3. The third kappa shape index (κ3) is 2.07. The summed E-state index contributed by atoms with van der Waals surface area (Å²) in [5.41, 5.74) is 1.00. The van der Waals surface area contributed by atoms with E-state index in [9.17, 15) is 4.79 Å². The van der Waals surface area contributed by atoms with Gasteiger partial charge in [0.2, 0.25) is 5.95 Å². The van der Waals surface area contributed by atoms with E-state index in [2.05, 4.69) is 15.3 Å². The van der Waals surface area contributed by atoms with Crippen molar-refractivity contribution in [2.24, 2.45) is 0 Å². The summed E-state index contributed by atoms with van der Waals surface area (Å²) in [5, 5.41) is 11.2. The third-order valence-corrected chi connectivity index (χ3v) is 2.01. The predicted octanol–water partition coefficient (Wildman–Crippen LogP) is 1.53. The molecule has 1 heterocycles. The first kappa shape index (κ1) is 9.93. The highest BCUT2D eigenvalue weighted by Gasteiger charge is 2.06. The number of rotatable bonds is 2. The summed E-state index contributed by atoms with van der Waals surface area (Å²) in [6.07, 6.45) is 3.17. The summed E-state index contributed by atoms with van der Waals surface area (Å²) in [5.74, 6) is 0.133. The SMILES string of the molecule is N#Cc1ccc(C(=O)Nc2ncc[nH]2)cc1. The molecule has 0 saturated carbocycles. The van der Waals surface area contributed by atoms with E-state index in [4.69, 9.17) is 5.26 Å². The number of imidazole rings is 1. The Morgan fingerprint density at radius 1 is 1.38 bits per heavy atom. The van der Waals surface area contributed by atoms with Crippen molar-refractivity contribution in [1.29, 1.82) is 5.26 Å². The molecule has 0 radical (unpaired) electrons. The van der Waals surface area contributed by atoms with Crippen molar-refractivity contribution >= 4 is 11.9 Å². The lowest BCUT2D eigenvalue weighted by molar-refractivity contribution is 0.102. The van der Waals surface area contributed by atoms with Gasteiger partial charge < -0.3 is 4.98 Å². The van der Waals surface area contributed by atoms with Crippen LogP contribution in [0.4, 0.5) is 5.95 Å². The molecular weight excluding hydrogens is 204 g/mol. The van der Waals surface area contributed by atoms with E-state index in [1.807, 2.05) is 6.07 Å². The second-order valence-electron chi connectivity index (χ2n) is 3.08. The van der Waals surface area contributed by atoms with E-state index in [0.717, 1.165) is 0 Å². The van der Waals surface area contributed by atoms with Crippen LogP contribution in [-0.2, 0) is 0 Å². The van der Waals surface area contributed by atoms with Crippen LogP contribution in [0.25, 0.3) is 0 Å². The lowest BCUT2D eigenvalue weighted by atomic mass is 10.1. The number of nitrogens with one attached hydrogen (secondary N) is 2. The van der Waals surface area contributed by atoms with Gasteiger partial charge in [-0.25, -0.2) is 4.98 Å². The molecule has 0 aliphatic rings. The van der Waals surface area contributed by atoms with E-state index in [-0.39, 0.29) is 5.91 Å². The zero-order valence-electron chi connectivity index (χ0n) is 8.27. The Morgan fingerprint density at radius 3 is 2.69 bits per heavy atom. The molecule has 0 aliphatic carbocycles. The van der Waals surface area contributed by atoms with E-state index < -0.39 is 0 Å². The van der Waals surface area contributed by atoms with E-state index in [1.165, 1.54) is 0 Å². The number of benzene rings is 1. The van der Waals surface area contributed by atoms with Crippen LogP contribution in [-0.4, -0.2) is 15.9 Å². The van der Waals surface area contributed by atoms with Crippen LogP contribution in [0, 0.1) is 11.3 Å². The highest BCUT2D eigenvalue weighted by atomic mass is 16.1. The molecule has 0 aliphatic heterocycles. The average Bonchev–Trinajstić information content (AvgIpc) is 2.82. The van der Waals surface area contributed by atoms with Gasteiger partial charge in [0.1, 0.15) is 0 Å². The molecule has 0 atom stereocenters. The molecule has 16 heavy (non-hydrogen) atoms. The molecule has 0 unspecified atom stereocenters. The van der Waals surface area contributed by atoms with Crippen LogP contribution in [0.5, 0.6) is 0 Å². The summed E-state index contributed by atoms with van der Waals surface area (Å²) < 4.78 is 0. The summed E-state index contributed by atoms with van der Waals surface area (Å²) in [6.45, 7) is 0.